The van der Waals surface area contributed by atoms with Crippen LogP contribution < -0.4 is 0 Å². The molecule has 0 saturated heterocycles. The summed E-state index contributed by atoms with van der Waals surface area (Å²) >= 11 is 0. The highest BCUT2D eigenvalue weighted by Crippen LogP contribution is 2.42. The average molecular weight is 413 g/mol. The molecule has 1 N–H and O–H groups in total. The molecule has 5 heteroatoms. The van der Waals surface area contributed by atoms with E-state index in [4.69, 9.17) is 9.47 Å². The monoisotopic (exact) mass is 412 g/mol. The summed E-state index contributed by atoms with van der Waals surface area (Å²) in [4.78, 5) is 24.1. The second-order valence-electron chi connectivity index (χ2n) is 8.98. The zero-order valence-electron chi connectivity index (χ0n) is 18.5. The molecule has 0 fully saturated rings. The minimum atomic E-state index is -1.23. The predicted octanol–water partition coefficient (Wildman–Crippen LogP) is 5.06. The zero-order chi connectivity index (χ0) is 22.1. The number of carbonyl (C=O) groups is 2. The molecule has 2 heterocycles. The number of ketones is 1. The van der Waals surface area contributed by atoms with Crippen LogP contribution in [0.15, 0.2) is 58.2 Å². The Labute approximate surface area is 178 Å². The van der Waals surface area contributed by atoms with Crippen LogP contribution in [0.25, 0.3) is 0 Å². The van der Waals surface area contributed by atoms with Gasteiger partial charge in [-0.15, -0.1) is 0 Å². The highest BCUT2D eigenvalue weighted by molar-refractivity contribution is 5.98. The van der Waals surface area contributed by atoms with Gasteiger partial charge in [-0.2, -0.15) is 0 Å². The number of rotatable bonds is 5. The highest BCUT2D eigenvalue weighted by atomic mass is 16.7. The molecule has 0 amide bonds. The molecular formula is C25H32O5. The third-order valence-corrected chi connectivity index (χ3v) is 5.85. The molecule has 0 aromatic rings. The number of carboxylic acids is 1. The van der Waals surface area contributed by atoms with E-state index in [1.54, 1.807) is 19.1 Å². The fourth-order valence-corrected chi connectivity index (χ4v) is 4.38. The summed E-state index contributed by atoms with van der Waals surface area (Å²) in [6, 6.07) is 0. The molecule has 0 bridgehead atoms. The molecule has 162 valence electrons. The van der Waals surface area contributed by atoms with Crippen molar-refractivity contribution in [1.29, 1.82) is 0 Å². The minimum absolute atomic E-state index is 0.0352. The lowest BCUT2D eigenvalue weighted by molar-refractivity contribution is -0.225. The van der Waals surface area contributed by atoms with E-state index in [9.17, 15) is 14.7 Å². The van der Waals surface area contributed by atoms with Gasteiger partial charge >= 0.3 is 5.97 Å². The zero-order valence-corrected chi connectivity index (χ0v) is 18.5. The first kappa shape index (κ1) is 22.4. The van der Waals surface area contributed by atoms with E-state index in [2.05, 4.69) is 32.9 Å². The number of carboxylic acid groups (broad SMARTS) is 1. The lowest BCUT2D eigenvalue weighted by Gasteiger charge is -2.44. The average Bonchev–Trinajstić information content (AvgIpc) is 2.61. The van der Waals surface area contributed by atoms with Crippen molar-refractivity contribution in [2.24, 2.45) is 5.92 Å². The van der Waals surface area contributed by atoms with Crippen molar-refractivity contribution in [1.82, 2.24) is 0 Å². The van der Waals surface area contributed by atoms with E-state index in [-0.39, 0.29) is 23.9 Å². The second kappa shape index (κ2) is 8.86. The van der Waals surface area contributed by atoms with Gasteiger partial charge in [-0.25, -0.2) is 4.79 Å². The molecule has 0 unspecified atom stereocenters. The Bertz CT molecular complexity index is 881. The van der Waals surface area contributed by atoms with Crippen LogP contribution in [-0.4, -0.2) is 34.9 Å². The number of ether oxygens (including phenoxy) is 2. The van der Waals surface area contributed by atoms with Gasteiger partial charge in [0.1, 0.15) is 0 Å². The van der Waals surface area contributed by atoms with Crippen molar-refractivity contribution in [3.05, 3.63) is 58.2 Å². The molecule has 0 aromatic heterocycles. The summed E-state index contributed by atoms with van der Waals surface area (Å²) in [6.07, 6.45) is 11.6. The molecule has 4 atom stereocenters. The normalized spacial score (nSPS) is 31.5. The number of Topliss-reactive ketones (excluding diaryl/α,β-unsaturated/α-hetero) is 1. The van der Waals surface area contributed by atoms with E-state index in [1.165, 1.54) is 11.1 Å². The molecule has 0 radical (unpaired) electrons. The van der Waals surface area contributed by atoms with E-state index in [0.717, 1.165) is 24.8 Å². The Kier molecular flexibility index (Phi) is 6.63. The number of fused-ring (bicyclic) bond motifs is 1. The summed E-state index contributed by atoms with van der Waals surface area (Å²) in [5.74, 6) is -2.77. The van der Waals surface area contributed by atoms with Gasteiger partial charge < -0.3 is 14.6 Å². The fourth-order valence-electron chi connectivity index (χ4n) is 4.38. The molecular weight excluding hydrogens is 380 g/mol. The van der Waals surface area contributed by atoms with Crippen molar-refractivity contribution >= 4 is 11.8 Å². The quantitative estimate of drug-likeness (QED) is 0.639. The first-order valence-corrected chi connectivity index (χ1v) is 10.6. The minimum Gasteiger partial charge on any atom is -0.478 e. The maximum absolute atomic E-state index is 12.1. The van der Waals surface area contributed by atoms with Gasteiger partial charge in [0.25, 0.3) is 0 Å². The van der Waals surface area contributed by atoms with Crippen LogP contribution in [-0.2, 0) is 19.1 Å². The topological polar surface area (TPSA) is 72.8 Å². The van der Waals surface area contributed by atoms with Gasteiger partial charge in [0.05, 0.1) is 12.2 Å². The maximum atomic E-state index is 12.1. The number of hydrogen-bond acceptors (Lipinski definition) is 4. The van der Waals surface area contributed by atoms with Crippen molar-refractivity contribution in [2.45, 2.75) is 78.3 Å². The van der Waals surface area contributed by atoms with Gasteiger partial charge in [-0.1, -0.05) is 28.9 Å². The summed E-state index contributed by atoms with van der Waals surface area (Å²) < 4.78 is 12.6. The van der Waals surface area contributed by atoms with Crippen LogP contribution >= 0.6 is 0 Å². The number of hydrogen-bond donors (Lipinski definition) is 1. The lowest BCUT2D eigenvalue weighted by Crippen LogP contribution is -2.49. The van der Waals surface area contributed by atoms with Crippen LogP contribution in [0.5, 0.6) is 0 Å². The van der Waals surface area contributed by atoms with Crippen LogP contribution in [0.2, 0.25) is 0 Å². The summed E-state index contributed by atoms with van der Waals surface area (Å²) in [7, 11) is 0. The molecule has 0 saturated carbocycles. The van der Waals surface area contributed by atoms with Crippen molar-refractivity contribution in [2.75, 3.05) is 0 Å². The van der Waals surface area contributed by atoms with Gasteiger partial charge in [-0.05, 0) is 77.7 Å². The van der Waals surface area contributed by atoms with E-state index < -0.39 is 23.8 Å². The van der Waals surface area contributed by atoms with Crippen molar-refractivity contribution in [3.63, 3.8) is 0 Å². The van der Waals surface area contributed by atoms with Crippen molar-refractivity contribution in [3.8, 4) is 0 Å². The molecule has 1 aliphatic carbocycles. The van der Waals surface area contributed by atoms with Crippen LogP contribution in [0.4, 0.5) is 0 Å². The maximum Gasteiger partial charge on any atom is 0.331 e. The molecule has 2 aliphatic heterocycles. The Hall–Kier alpha value is -2.24. The van der Waals surface area contributed by atoms with E-state index in [1.807, 2.05) is 13.0 Å². The largest absolute Gasteiger partial charge is 0.478 e. The smallest absolute Gasteiger partial charge is 0.331 e. The molecule has 5 nitrogen and oxygen atoms in total. The number of carbonyl (C=O) groups excluding carboxylic acids is 1. The third-order valence-electron chi connectivity index (χ3n) is 5.85. The molecule has 30 heavy (non-hydrogen) atoms. The first-order chi connectivity index (χ1) is 14.1. The van der Waals surface area contributed by atoms with Crippen LogP contribution in [0, 0.1) is 5.92 Å². The van der Waals surface area contributed by atoms with E-state index in [0.29, 0.717) is 5.57 Å². The third kappa shape index (κ3) is 5.08. The van der Waals surface area contributed by atoms with Gasteiger partial charge in [0.2, 0.25) is 5.79 Å². The molecule has 3 rings (SSSR count). The standard InChI is InChI=1S/C25H32O5/c1-15(2)7-6-8-16(3)9-19-10-17(4)13-25(29-19)14-21(24(27)28)20-12-22(26)18(5)11-23(20)30-25/h7,9,11,13-14,19-20,23H,6,8,10,12H2,1-5H3,(H,27,28)/b16-9+/t19-,20-,23-,25+/m1/s1. The Morgan fingerprint density at radius 3 is 2.60 bits per heavy atom. The fraction of sp³-hybridized carbons (Fsp3) is 0.520. The Morgan fingerprint density at radius 2 is 1.93 bits per heavy atom. The SMILES string of the molecule is CC(C)=CCC/C(C)=C/[C@@H]1CC(C)=C[C@]2(C=C(C(=O)O)[C@H]3CC(=O)C(C)=C[C@H]3O2)O1. The van der Waals surface area contributed by atoms with E-state index >= 15 is 0 Å². The number of allylic oxidation sites excluding steroid dienone is 4. The highest BCUT2D eigenvalue weighted by Gasteiger charge is 2.47. The Balaban J connectivity index is 1.88. The van der Waals surface area contributed by atoms with Crippen LogP contribution in [0.3, 0.4) is 0 Å². The van der Waals surface area contributed by atoms with Gasteiger partial charge in [-0.3, -0.25) is 4.79 Å². The molecule has 3 aliphatic rings. The molecule has 1 spiro atoms. The molecule has 0 aromatic carbocycles. The van der Waals surface area contributed by atoms with Crippen molar-refractivity contribution < 1.29 is 24.2 Å². The summed E-state index contributed by atoms with van der Waals surface area (Å²) in [5.41, 5.74) is 4.43. The Morgan fingerprint density at radius 1 is 1.20 bits per heavy atom. The number of aliphatic carboxylic acids is 1. The lowest BCUT2D eigenvalue weighted by atomic mass is 9.78. The summed E-state index contributed by atoms with van der Waals surface area (Å²) in [6.45, 7) is 10.0. The summed E-state index contributed by atoms with van der Waals surface area (Å²) in [5, 5.41) is 9.81. The second-order valence-corrected chi connectivity index (χ2v) is 8.98. The predicted molar refractivity (Wildman–Crippen MR) is 116 cm³/mol. The van der Waals surface area contributed by atoms with Gasteiger partial charge in [0.15, 0.2) is 5.78 Å². The van der Waals surface area contributed by atoms with Gasteiger partial charge in [0, 0.05) is 17.9 Å². The van der Waals surface area contributed by atoms with Crippen LogP contribution in [0.1, 0.15) is 60.3 Å². The first-order valence-electron chi connectivity index (χ1n) is 10.6.